The van der Waals surface area contributed by atoms with Gasteiger partial charge in [-0.05, 0) is 43.7 Å². The highest BCUT2D eigenvalue weighted by Gasteiger charge is 2.30. The van der Waals surface area contributed by atoms with Gasteiger partial charge < -0.3 is 14.5 Å². The zero-order chi connectivity index (χ0) is 21.1. The fourth-order valence-corrected chi connectivity index (χ4v) is 3.81. The van der Waals surface area contributed by atoms with Gasteiger partial charge >= 0.3 is 0 Å². The van der Waals surface area contributed by atoms with E-state index < -0.39 is 5.25 Å². The molecular weight excluding hydrogens is 404 g/mol. The van der Waals surface area contributed by atoms with E-state index in [1.54, 1.807) is 19.1 Å². The molecule has 0 fully saturated rings. The number of anilines is 2. The first-order chi connectivity index (χ1) is 14.5. The number of amides is 2. The minimum absolute atomic E-state index is 0.0276. The lowest BCUT2D eigenvalue weighted by atomic mass is 10.2. The average Bonchev–Trinajstić information content (AvgIpc) is 3.18. The Morgan fingerprint density at radius 2 is 2.10 bits per heavy atom. The van der Waals surface area contributed by atoms with Crippen molar-refractivity contribution in [1.29, 1.82) is 0 Å². The fourth-order valence-electron chi connectivity index (χ4n) is 3.05. The van der Waals surface area contributed by atoms with Crippen LogP contribution in [-0.4, -0.2) is 33.8 Å². The number of ether oxygens (including phenoxy) is 1. The SMILES string of the molecule is Cc1cccc(OCc2nnc(S[C@H](C)C(=O)N3CC(=O)Nc4ccccc43)o2)c1. The molecule has 2 amide bonds. The van der Waals surface area contributed by atoms with Gasteiger partial charge in [0, 0.05) is 0 Å². The molecule has 1 aliphatic heterocycles. The standard InChI is InChI=1S/C21H20N4O4S/c1-13-6-5-7-15(10-13)28-12-19-23-24-21(29-19)30-14(2)20(27)25-11-18(26)22-16-8-3-4-9-17(16)25/h3-10,14H,11-12H2,1-2H3,(H,22,26)/t14-/m1/s1. The minimum atomic E-state index is -0.519. The number of benzene rings is 2. The summed E-state index contributed by atoms with van der Waals surface area (Å²) in [6.07, 6.45) is 0. The summed E-state index contributed by atoms with van der Waals surface area (Å²) in [5.41, 5.74) is 2.38. The first-order valence-electron chi connectivity index (χ1n) is 9.38. The number of aromatic nitrogens is 2. The van der Waals surface area contributed by atoms with E-state index in [4.69, 9.17) is 9.15 Å². The zero-order valence-electron chi connectivity index (χ0n) is 16.5. The first kappa shape index (κ1) is 20.0. The van der Waals surface area contributed by atoms with Gasteiger partial charge in [-0.25, -0.2) is 0 Å². The first-order valence-corrected chi connectivity index (χ1v) is 10.3. The van der Waals surface area contributed by atoms with E-state index in [0.29, 0.717) is 23.0 Å². The molecule has 8 nitrogen and oxygen atoms in total. The summed E-state index contributed by atoms with van der Waals surface area (Å²) in [7, 11) is 0. The van der Waals surface area contributed by atoms with E-state index in [1.165, 1.54) is 4.90 Å². The molecule has 3 aromatic rings. The van der Waals surface area contributed by atoms with E-state index >= 15 is 0 Å². The molecule has 0 radical (unpaired) electrons. The van der Waals surface area contributed by atoms with Crippen LogP contribution in [0.3, 0.4) is 0 Å². The number of nitrogens with zero attached hydrogens (tertiary/aromatic N) is 3. The molecule has 0 bridgehead atoms. The van der Waals surface area contributed by atoms with Crippen molar-refractivity contribution in [3.63, 3.8) is 0 Å². The van der Waals surface area contributed by atoms with E-state index in [-0.39, 0.29) is 30.2 Å². The highest BCUT2D eigenvalue weighted by Crippen LogP contribution is 2.32. The molecule has 1 N–H and O–H groups in total. The average molecular weight is 424 g/mol. The maximum atomic E-state index is 13.0. The number of nitrogens with one attached hydrogen (secondary N) is 1. The maximum absolute atomic E-state index is 13.0. The van der Waals surface area contributed by atoms with Crippen molar-refractivity contribution in [2.75, 3.05) is 16.8 Å². The topological polar surface area (TPSA) is 97.6 Å². The Balaban J connectivity index is 1.39. The number of para-hydroxylation sites is 2. The Morgan fingerprint density at radius 3 is 2.93 bits per heavy atom. The second kappa shape index (κ2) is 8.58. The summed E-state index contributed by atoms with van der Waals surface area (Å²) in [5, 5.41) is 10.5. The quantitative estimate of drug-likeness (QED) is 0.606. The molecule has 0 saturated heterocycles. The second-order valence-corrected chi connectivity index (χ2v) is 8.11. The van der Waals surface area contributed by atoms with Gasteiger partial charge in [-0.15, -0.1) is 10.2 Å². The van der Waals surface area contributed by atoms with Gasteiger partial charge in [0.2, 0.25) is 11.8 Å². The smallest absolute Gasteiger partial charge is 0.277 e. The Morgan fingerprint density at radius 1 is 1.27 bits per heavy atom. The van der Waals surface area contributed by atoms with Crippen LogP contribution in [0.4, 0.5) is 11.4 Å². The lowest BCUT2D eigenvalue weighted by Crippen LogP contribution is -2.45. The van der Waals surface area contributed by atoms with E-state index in [1.807, 2.05) is 43.3 Å². The molecule has 0 aliphatic carbocycles. The van der Waals surface area contributed by atoms with Crippen LogP contribution in [-0.2, 0) is 16.2 Å². The normalized spacial score (nSPS) is 14.1. The Bertz CT molecular complexity index is 1080. The zero-order valence-corrected chi connectivity index (χ0v) is 17.3. The molecule has 2 heterocycles. The van der Waals surface area contributed by atoms with E-state index in [2.05, 4.69) is 15.5 Å². The molecule has 1 atom stereocenters. The van der Waals surface area contributed by atoms with Crippen LogP contribution in [0.2, 0.25) is 0 Å². The Hall–Kier alpha value is -3.33. The highest BCUT2D eigenvalue weighted by molar-refractivity contribution is 8.00. The number of aryl methyl sites for hydroxylation is 1. The summed E-state index contributed by atoms with van der Waals surface area (Å²) < 4.78 is 11.3. The number of carbonyl (C=O) groups is 2. The van der Waals surface area contributed by atoms with Crippen LogP contribution in [0, 0.1) is 6.92 Å². The third kappa shape index (κ3) is 4.46. The Kier molecular flexibility index (Phi) is 5.71. The van der Waals surface area contributed by atoms with E-state index in [9.17, 15) is 9.59 Å². The molecule has 154 valence electrons. The van der Waals surface area contributed by atoms with Crippen molar-refractivity contribution >= 4 is 35.0 Å². The van der Waals surface area contributed by atoms with E-state index in [0.717, 1.165) is 17.3 Å². The summed E-state index contributed by atoms with van der Waals surface area (Å²) in [5.74, 6) is 0.597. The highest BCUT2D eigenvalue weighted by atomic mass is 32.2. The van der Waals surface area contributed by atoms with Gasteiger partial charge in [0.05, 0.1) is 16.6 Å². The minimum Gasteiger partial charge on any atom is -0.484 e. The number of thioether (sulfide) groups is 1. The van der Waals surface area contributed by atoms with Crippen molar-refractivity contribution in [3.8, 4) is 5.75 Å². The van der Waals surface area contributed by atoms with Crippen LogP contribution < -0.4 is 15.0 Å². The number of hydrogen-bond donors (Lipinski definition) is 1. The number of hydrogen-bond acceptors (Lipinski definition) is 7. The van der Waals surface area contributed by atoms with Crippen LogP contribution in [0.15, 0.2) is 58.2 Å². The summed E-state index contributed by atoms with van der Waals surface area (Å²) in [6.45, 7) is 3.84. The lowest BCUT2D eigenvalue weighted by molar-refractivity contribution is -0.121. The van der Waals surface area contributed by atoms with Crippen LogP contribution in [0.25, 0.3) is 0 Å². The second-order valence-electron chi connectivity index (χ2n) is 6.82. The summed E-state index contributed by atoms with van der Waals surface area (Å²) in [4.78, 5) is 26.4. The number of carbonyl (C=O) groups excluding carboxylic acids is 2. The molecular formula is C21H20N4O4S. The van der Waals surface area contributed by atoms with Crippen LogP contribution in [0.5, 0.6) is 5.75 Å². The third-order valence-corrected chi connectivity index (χ3v) is 5.38. The van der Waals surface area contributed by atoms with Gasteiger partial charge in [0.25, 0.3) is 11.1 Å². The van der Waals surface area contributed by atoms with Crippen molar-refractivity contribution < 1.29 is 18.7 Å². The lowest BCUT2D eigenvalue weighted by Gasteiger charge is -2.30. The maximum Gasteiger partial charge on any atom is 0.277 e. The van der Waals surface area contributed by atoms with Gasteiger partial charge in [0.15, 0.2) is 6.61 Å². The van der Waals surface area contributed by atoms with Crippen molar-refractivity contribution in [3.05, 3.63) is 60.0 Å². The van der Waals surface area contributed by atoms with Crippen LogP contribution in [0.1, 0.15) is 18.4 Å². The molecule has 1 aliphatic rings. The molecule has 30 heavy (non-hydrogen) atoms. The summed E-state index contributed by atoms with van der Waals surface area (Å²) >= 11 is 1.15. The molecule has 1 aromatic heterocycles. The van der Waals surface area contributed by atoms with Crippen LogP contribution >= 0.6 is 11.8 Å². The monoisotopic (exact) mass is 424 g/mol. The molecule has 9 heteroatoms. The molecule has 0 saturated carbocycles. The predicted octanol–water partition coefficient (Wildman–Crippen LogP) is 3.42. The van der Waals surface area contributed by atoms with Crippen molar-refractivity contribution in [2.24, 2.45) is 0 Å². The van der Waals surface area contributed by atoms with Crippen molar-refractivity contribution in [2.45, 2.75) is 30.9 Å². The largest absolute Gasteiger partial charge is 0.484 e. The Labute approximate surface area is 177 Å². The van der Waals surface area contributed by atoms with Gasteiger partial charge in [-0.2, -0.15) is 0 Å². The fraction of sp³-hybridized carbons (Fsp3) is 0.238. The van der Waals surface area contributed by atoms with Gasteiger partial charge in [-0.1, -0.05) is 36.0 Å². The molecule has 4 rings (SSSR count). The molecule has 2 aromatic carbocycles. The molecule has 0 unspecified atom stereocenters. The van der Waals surface area contributed by atoms with Crippen molar-refractivity contribution in [1.82, 2.24) is 10.2 Å². The summed E-state index contributed by atoms with van der Waals surface area (Å²) in [6, 6.07) is 14.9. The molecule has 0 spiro atoms. The number of rotatable bonds is 6. The van der Waals surface area contributed by atoms with Gasteiger partial charge in [0.1, 0.15) is 12.3 Å². The third-order valence-electron chi connectivity index (χ3n) is 4.46. The van der Waals surface area contributed by atoms with Gasteiger partial charge in [-0.3, -0.25) is 14.5 Å². The predicted molar refractivity (Wildman–Crippen MR) is 113 cm³/mol. The number of fused-ring (bicyclic) bond motifs is 1.